The first-order valence-corrected chi connectivity index (χ1v) is 7.91. The Morgan fingerprint density at radius 1 is 1.50 bits per heavy atom. The Balaban J connectivity index is 2.07. The molecule has 0 radical (unpaired) electrons. The maximum absolute atomic E-state index is 11.6. The SMILES string of the molecule is CCOC(=O)CCN1CCc2c(sc(NC=O)c2C(N)=O)C1. The number of hydrogen-bond acceptors (Lipinski definition) is 6. The normalized spacial score (nSPS) is 14.2. The van der Waals surface area contributed by atoms with Crippen molar-refractivity contribution in [2.75, 3.05) is 25.0 Å². The van der Waals surface area contributed by atoms with E-state index in [1.807, 2.05) is 0 Å². The molecule has 2 heterocycles. The van der Waals surface area contributed by atoms with Gasteiger partial charge in [-0.25, -0.2) is 0 Å². The van der Waals surface area contributed by atoms with E-state index in [-0.39, 0.29) is 5.97 Å². The Bertz CT molecular complexity index is 585. The van der Waals surface area contributed by atoms with Crippen LogP contribution in [0.15, 0.2) is 0 Å². The topological polar surface area (TPSA) is 102 Å². The number of hydrogen-bond donors (Lipinski definition) is 2. The van der Waals surface area contributed by atoms with Crippen LogP contribution in [-0.4, -0.2) is 42.9 Å². The molecule has 3 N–H and O–H groups in total. The number of thiophene rings is 1. The van der Waals surface area contributed by atoms with E-state index in [2.05, 4.69) is 10.2 Å². The molecule has 1 aromatic heterocycles. The minimum Gasteiger partial charge on any atom is -0.466 e. The van der Waals surface area contributed by atoms with Crippen LogP contribution in [-0.2, 0) is 27.3 Å². The van der Waals surface area contributed by atoms with Gasteiger partial charge in [0.2, 0.25) is 6.41 Å². The Kier molecular flexibility index (Phi) is 5.51. The van der Waals surface area contributed by atoms with Crippen molar-refractivity contribution in [2.45, 2.75) is 26.3 Å². The zero-order valence-electron chi connectivity index (χ0n) is 12.4. The van der Waals surface area contributed by atoms with Crippen molar-refractivity contribution in [3.05, 3.63) is 16.0 Å². The van der Waals surface area contributed by atoms with Gasteiger partial charge >= 0.3 is 5.97 Å². The summed E-state index contributed by atoms with van der Waals surface area (Å²) in [4.78, 5) is 36.8. The molecule has 0 atom stereocenters. The lowest BCUT2D eigenvalue weighted by Crippen LogP contribution is -2.32. The summed E-state index contributed by atoms with van der Waals surface area (Å²) in [5.74, 6) is -0.734. The summed E-state index contributed by atoms with van der Waals surface area (Å²) in [6.07, 6.45) is 1.56. The molecule has 22 heavy (non-hydrogen) atoms. The van der Waals surface area contributed by atoms with Gasteiger partial charge < -0.3 is 15.8 Å². The largest absolute Gasteiger partial charge is 0.466 e. The fraction of sp³-hybridized carbons (Fsp3) is 0.500. The average Bonchev–Trinajstić information content (AvgIpc) is 2.83. The molecule has 8 heteroatoms. The van der Waals surface area contributed by atoms with Crippen LogP contribution in [0.5, 0.6) is 0 Å². The molecule has 0 bridgehead atoms. The molecule has 1 aromatic rings. The minimum atomic E-state index is -0.526. The Morgan fingerprint density at radius 2 is 2.27 bits per heavy atom. The first-order valence-electron chi connectivity index (χ1n) is 7.09. The van der Waals surface area contributed by atoms with Crippen LogP contribution >= 0.6 is 11.3 Å². The molecule has 2 amide bonds. The molecular weight excluding hydrogens is 306 g/mol. The summed E-state index contributed by atoms with van der Waals surface area (Å²) in [6.45, 7) is 4.16. The number of primary amides is 1. The van der Waals surface area contributed by atoms with Gasteiger partial charge in [-0.05, 0) is 18.9 Å². The number of amides is 2. The molecule has 0 spiro atoms. The van der Waals surface area contributed by atoms with Crippen LogP contribution in [0.25, 0.3) is 0 Å². The third-order valence-corrected chi connectivity index (χ3v) is 4.66. The van der Waals surface area contributed by atoms with Crippen molar-refractivity contribution >= 4 is 34.6 Å². The van der Waals surface area contributed by atoms with Crippen molar-refractivity contribution in [3.8, 4) is 0 Å². The first kappa shape index (κ1) is 16.4. The zero-order valence-corrected chi connectivity index (χ0v) is 13.2. The number of carbonyl (C=O) groups excluding carboxylic acids is 3. The highest BCUT2D eigenvalue weighted by Gasteiger charge is 2.27. The highest BCUT2D eigenvalue weighted by Crippen LogP contribution is 2.36. The lowest BCUT2D eigenvalue weighted by atomic mass is 10.0. The predicted molar refractivity (Wildman–Crippen MR) is 82.8 cm³/mol. The summed E-state index contributed by atoms with van der Waals surface area (Å²) in [5.41, 5.74) is 6.74. The second-order valence-corrected chi connectivity index (χ2v) is 6.02. The van der Waals surface area contributed by atoms with Crippen LogP contribution in [0.3, 0.4) is 0 Å². The maximum atomic E-state index is 11.6. The van der Waals surface area contributed by atoms with Gasteiger partial charge in [0.25, 0.3) is 5.91 Å². The maximum Gasteiger partial charge on any atom is 0.307 e. The van der Waals surface area contributed by atoms with Crippen LogP contribution in [0.1, 0.15) is 34.1 Å². The van der Waals surface area contributed by atoms with E-state index in [1.54, 1.807) is 6.92 Å². The zero-order chi connectivity index (χ0) is 16.1. The third-order valence-electron chi connectivity index (χ3n) is 3.51. The Labute approximate surface area is 132 Å². The lowest BCUT2D eigenvalue weighted by molar-refractivity contribution is -0.143. The molecule has 0 unspecified atom stereocenters. The van der Waals surface area contributed by atoms with Gasteiger partial charge in [0, 0.05) is 24.5 Å². The van der Waals surface area contributed by atoms with Gasteiger partial charge in [-0.1, -0.05) is 0 Å². The molecule has 0 aliphatic carbocycles. The number of anilines is 1. The molecule has 0 saturated carbocycles. The molecule has 120 valence electrons. The van der Waals surface area contributed by atoms with Crippen LogP contribution < -0.4 is 11.1 Å². The van der Waals surface area contributed by atoms with Crippen LogP contribution in [0.4, 0.5) is 5.00 Å². The van der Waals surface area contributed by atoms with E-state index in [1.165, 1.54) is 11.3 Å². The second kappa shape index (κ2) is 7.37. The Morgan fingerprint density at radius 3 is 2.91 bits per heavy atom. The smallest absolute Gasteiger partial charge is 0.307 e. The van der Waals surface area contributed by atoms with E-state index in [0.29, 0.717) is 49.5 Å². The van der Waals surface area contributed by atoms with E-state index < -0.39 is 5.91 Å². The van der Waals surface area contributed by atoms with Gasteiger partial charge in [0.1, 0.15) is 5.00 Å². The van der Waals surface area contributed by atoms with Crippen molar-refractivity contribution in [3.63, 3.8) is 0 Å². The number of nitrogens with one attached hydrogen (secondary N) is 1. The summed E-state index contributed by atoms with van der Waals surface area (Å²) >= 11 is 1.36. The fourth-order valence-electron chi connectivity index (χ4n) is 2.55. The quantitative estimate of drug-likeness (QED) is 0.568. The number of ether oxygens (including phenoxy) is 1. The summed E-state index contributed by atoms with van der Waals surface area (Å²) in [5, 5.41) is 3.04. The van der Waals surface area contributed by atoms with Crippen molar-refractivity contribution < 1.29 is 19.1 Å². The van der Waals surface area contributed by atoms with E-state index in [4.69, 9.17) is 10.5 Å². The van der Waals surface area contributed by atoms with Crippen LogP contribution in [0, 0.1) is 0 Å². The second-order valence-electron chi connectivity index (χ2n) is 4.92. The first-order chi connectivity index (χ1) is 10.6. The number of esters is 1. The number of carbonyl (C=O) groups is 3. The van der Waals surface area contributed by atoms with Gasteiger partial charge in [0.05, 0.1) is 18.6 Å². The van der Waals surface area contributed by atoms with E-state index in [9.17, 15) is 14.4 Å². The molecule has 1 aliphatic heterocycles. The van der Waals surface area contributed by atoms with Crippen molar-refractivity contribution in [2.24, 2.45) is 5.73 Å². The van der Waals surface area contributed by atoms with Gasteiger partial charge in [-0.3, -0.25) is 19.3 Å². The number of nitrogens with zero attached hydrogens (tertiary/aromatic N) is 1. The standard InChI is InChI=1S/C14H19N3O4S/c1-2-21-11(19)4-6-17-5-3-9-10(7-17)22-14(16-8-18)12(9)13(15)20/h8H,2-7H2,1H3,(H2,15,20)(H,16,18). The monoisotopic (exact) mass is 325 g/mol. The molecule has 7 nitrogen and oxygen atoms in total. The predicted octanol–water partition coefficient (Wildman–Crippen LogP) is 0.727. The van der Waals surface area contributed by atoms with E-state index in [0.717, 1.165) is 17.0 Å². The Hall–Kier alpha value is -1.93. The summed E-state index contributed by atoms with van der Waals surface area (Å²) in [7, 11) is 0. The molecule has 0 aromatic carbocycles. The van der Waals surface area contributed by atoms with Gasteiger partial charge in [-0.2, -0.15) is 0 Å². The molecule has 2 rings (SSSR count). The lowest BCUT2D eigenvalue weighted by Gasteiger charge is -2.26. The average molecular weight is 325 g/mol. The summed E-state index contributed by atoms with van der Waals surface area (Å²) in [6, 6.07) is 0. The fourth-order valence-corrected chi connectivity index (χ4v) is 3.80. The highest BCUT2D eigenvalue weighted by molar-refractivity contribution is 7.16. The highest BCUT2D eigenvalue weighted by atomic mass is 32.1. The third kappa shape index (κ3) is 3.63. The molecular formula is C14H19N3O4S. The van der Waals surface area contributed by atoms with E-state index >= 15 is 0 Å². The van der Waals surface area contributed by atoms with Gasteiger partial charge in [0.15, 0.2) is 0 Å². The molecule has 0 fully saturated rings. The summed E-state index contributed by atoms with van der Waals surface area (Å²) < 4.78 is 4.92. The van der Waals surface area contributed by atoms with Crippen LogP contribution in [0.2, 0.25) is 0 Å². The van der Waals surface area contributed by atoms with Crippen molar-refractivity contribution in [1.82, 2.24) is 4.90 Å². The number of fused-ring (bicyclic) bond motifs is 1. The van der Waals surface area contributed by atoms with Gasteiger partial charge in [-0.15, -0.1) is 11.3 Å². The molecule has 1 aliphatic rings. The number of rotatable bonds is 7. The molecule has 0 saturated heterocycles. The minimum absolute atomic E-state index is 0.208. The van der Waals surface area contributed by atoms with Crippen molar-refractivity contribution in [1.29, 1.82) is 0 Å². The number of nitrogens with two attached hydrogens (primary N) is 1.